The molecule has 1 amide bonds. The van der Waals surface area contributed by atoms with E-state index < -0.39 is 5.97 Å². The van der Waals surface area contributed by atoms with E-state index in [9.17, 15) is 9.59 Å². The number of aromatic carboxylic acids is 1. The number of benzene rings is 1. The second-order valence-corrected chi connectivity index (χ2v) is 5.07. The van der Waals surface area contributed by atoms with Gasteiger partial charge in [-0.05, 0) is 32.0 Å². The number of amides is 1. The highest BCUT2D eigenvalue weighted by Crippen LogP contribution is 2.22. The number of nitrogens with zero attached hydrogens (tertiary/aromatic N) is 1. The largest absolute Gasteiger partial charge is 0.478 e. The number of carboxylic acids is 1. The predicted octanol–water partition coefficient (Wildman–Crippen LogP) is 2.56. The van der Waals surface area contributed by atoms with Crippen molar-refractivity contribution in [2.75, 3.05) is 5.32 Å². The molecule has 0 spiro atoms. The van der Waals surface area contributed by atoms with Crippen molar-refractivity contribution in [2.45, 2.75) is 20.3 Å². The van der Waals surface area contributed by atoms with Crippen LogP contribution in [0.25, 0.3) is 0 Å². The molecule has 2 aromatic rings. The molecule has 0 aliphatic heterocycles. The average molecular weight is 308 g/mol. The summed E-state index contributed by atoms with van der Waals surface area (Å²) < 4.78 is 0. The van der Waals surface area contributed by atoms with Crippen LogP contribution in [-0.4, -0.2) is 27.2 Å². The van der Waals surface area contributed by atoms with Crippen molar-refractivity contribution in [2.24, 2.45) is 0 Å². The van der Waals surface area contributed by atoms with Gasteiger partial charge in [0.15, 0.2) is 0 Å². The Hall–Kier alpha value is -2.34. The lowest BCUT2D eigenvalue weighted by Crippen LogP contribution is -2.17. The standard InChI is InChI=1S/C14H14ClN3O3/c1-7-11(8(2)18-17-7)6-13(19)16-12-5-9(15)3-4-10(12)14(20)21/h3-5H,6H2,1-2H3,(H,16,19)(H,17,18)(H,20,21). The van der Waals surface area contributed by atoms with Gasteiger partial charge in [0.25, 0.3) is 0 Å². The number of halogens is 1. The molecule has 0 atom stereocenters. The first-order valence-corrected chi connectivity index (χ1v) is 6.59. The number of aromatic amines is 1. The number of carbonyl (C=O) groups is 2. The van der Waals surface area contributed by atoms with E-state index in [4.69, 9.17) is 16.7 Å². The van der Waals surface area contributed by atoms with Crippen LogP contribution in [0.15, 0.2) is 18.2 Å². The van der Waals surface area contributed by atoms with Gasteiger partial charge in [-0.2, -0.15) is 5.10 Å². The van der Waals surface area contributed by atoms with Gasteiger partial charge in [-0.3, -0.25) is 9.89 Å². The third kappa shape index (κ3) is 3.41. The first-order chi connectivity index (χ1) is 9.88. The molecule has 0 saturated heterocycles. The van der Waals surface area contributed by atoms with E-state index in [0.29, 0.717) is 5.02 Å². The number of carbonyl (C=O) groups excluding carboxylic acids is 1. The number of carboxylic acid groups (broad SMARTS) is 1. The van der Waals surface area contributed by atoms with Crippen molar-refractivity contribution in [3.63, 3.8) is 0 Å². The van der Waals surface area contributed by atoms with Gasteiger partial charge in [0.05, 0.1) is 23.4 Å². The number of hydrogen-bond acceptors (Lipinski definition) is 3. The van der Waals surface area contributed by atoms with Crippen molar-refractivity contribution >= 4 is 29.2 Å². The zero-order valence-electron chi connectivity index (χ0n) is 11.5. The molecule has 1 aromatic carbocycles. The normalized spacial score (nSPS) is 10.4. The van der Waals surface area contributed by atoms with Crippen LogP contribution < -0.4 is 5.32 Å². The summed E-state index contributed by atoms with van der Waals surface area (Å²) in [6.45, 7) is 3.62. The minimum absolute atomic E-state index is 0.00612. The second-order valence-electron chi connectivity index (χ2n) is 4.63. The highest BCUT2D eigenvalue weighted by atomic mass is 35.5. The Balaban J connectivity index is 2.20. The van der Waals surface area contributed by atoms with E-state index in [-0.39, 0.29) is 23.6 Å². The van der Waals surface area contributed by atoms with Gasteiger partial charge >= 0.3 is 5.97 Å². The molecule has 0 radical (unpaired) electrons. The lowest BCUT2D eigenvalue weighted by Gasteiger charge is -2.09. The maximum Gasteiger partial charge on any atom is 0.337 e. The van der Waals surface area contributed by atoms with Crippen LogP contribution in [0.2, 0.25) is 5.02 Å². The molecule has 0 saturated carbocycles. The third-order valence-electron chi connectivity index (χ3n) is 3.10. The van der Waals surface area contributed by atoms with Crippen LogP contribution in [0.4, 0.5) is 5.69 Å². The van der Waals surface area contributed by atoms with Gasteiger partial charge in [0.1, 0.15) is 0 Å². The van der Waals surface area contributed by atoms with Crippen LogP contribution in [0.1, 0.15) is 27.3 Å². The number of rotatable bonds is 4. The Morgan fingerprint density at radius 1 is 1.38 bits per heavy atom. The smallest absolute Gasteiger partial charge is 0.337 e. The summed E-state index contributed by atoms with van der Waals surface area (Å²) in [5, 5.41) is 18.9. The Morgan fingerprint density at radius 2 is 2.10 bits per heavy atom. The zero-order chi connectivity index (χ0) is 15.6. The van der Waals surface area contributed by atoms with E-state index in [0.717, 1.165) is 17.0 Å². The average Bonchev–Trinajstić information content (AvgIpc) is 2.70. The molecule has 0 aliphatic carbocycles. The zero-order valence-corrected chi connectivity index (χ0v) is 12.3. The van der Waals surface area contributed by atoms with Crippen LogP contribution in [0, 0.1) is 13.8 Å². The fraction of sp³-hybridized carbons (Fsp3) is 0.214. The van der Waals surface area contributed by atoms with Crippen molar-refractivity contribution in [1.29, 1.82) is 0 Å². The third-order valence-corrected chi connectivity index (χ3v) is 3.34. The Labute approximate surface area is 126 Å². The van der Waals surface area contributed by atoms with Crippen molar-refractivity contribution < 1.29 is 14.7 Å². The number of nitrogens with one attached hydrogen (secondary N) is 2. The van der Waals surface area contributed by atoms with Crippen LogP contribution in [0.3, 0.4) is 0 Å². The molecule has 3 N–H and O–H groups in total. The lowest BCUT2D eigenvalue weighted by molar-refractivity contribution is -0.115. The van der Waals surface area contributed by atoms with Gasteiger partial charge in [-0.25, -0.2) is 4.79 Å². The summed E-state index contributed by atoms with van der Waals surface area (Å²) in [5.41, 5.74) is 2.53. The number of anilines is 1. The van der Waals surface area contributed by atoms with Crippen LogP contribution >= 0.6 is 11.6 Å². The van der Waals surface area contributed by atoms with Crippen LogP contribution in [0.5, 0.6) is 0 Å². The minimum atomic E-state index is -1.13. The fourth-order valence-electron chi connectivity index (χ4n) is 2.00. The molecular formula is C14H14ClN3O3. The molecule has 0 bridgehead atoms. The molecule has 1 aromatic heterocycles. The van der Waals surface area contributed by atoms with Gasteiger partial charge in [-0.15, -0.1) is 0 Å². The van der Waals surface area contributed by atoms with E-state index in [1.165, 1.54) is 18.2 Å². The minimum Gasteiger partial charge on any atom is -0.478 e. The fourth-order valence-corrected chi connectivity index (χ4v) is 2.17. The summed E-state index contributed by atoms with van der Waals surface area (Å²) in [6.07, 6.45) is 0.111. The van der Waals surface area contributed by atoms with Crippen LogP contribution in [-0.2, 0) is 11.2 Å². The number of hydrogen-bond donors (Lipinski definition) is 3. The molecule has 6 nitrogen and oxygen atoms in total. The molecular weight excluding hydrogens is 294 g/mol. The van der Waals surface area contributed by atoms with E-state index in [1.807, 2.05) is 6.92 Å². The molecule has 7 heteroatoms. The molecule has 21 heavy (non-hydrogen) atoms. The Kier molecular flexibility index (Phi) is 4.28. The number of H-pyrrole nitrogens is 1. The Morgan fingerprint density at radius 3 is 2.67 bits per heavy atom. The molecule has 0 fully saturated rings. The quantitative estimate of drug-likeness (QED) is 0.809. The van der Waals surface area contributed by atoms with Crippen molar-refractivity contribution in [3.8, 4) is 0 Å². The monoisotopic (exact) mass is 307 g/mol. The van der Waals surface area contributed by atoms with E-state index in [2.05, 4.69) is 15.5 Å². The predicted molar refractivity (Wildman–Crippen MR) is 78.8 cm³/mol. The molecule has 2 rings (SSSR count). The van der Waals surface area contributed by atoms with Gasteiger partial charge in [0, 0.05) is 16.3 Å². The van der Waals surface area contributed by atoms with Crippen molar-refractivity contribution in [1.82, 2.24) is 10.2 Å². The maximum absolute atomic E-state index is 12.1. The van der Waals surface area contributed by atoms with Gasteiger partial charge in [-0.1, -0.05) is 11.6 Å². The molecule has 0 unspecified atom stereocenters. The van der Waals surface area contributed by atoms with Crippen molar-refractivity contribution in [3.05, 3.63) is 45.7 Å². The summed E-state index contributed by atoms with van der Waals surface area (Å²) in [7, 11) is 0. The van der Waals surface area contributed by atoms with E-state index >= 15 is 0 Å². The summed E-state index contributed by atoms with van der Waals surface area (Å²) in [4.78, 5) is 23.2. The molecule has 0 aliphatic rings. The topological polar surface area (TPSA) is 95.1 Å². The summed E-state index contributed by atoms with van der Waals surface area (Å²) in [5.74, 6) is -1.45. The number of aromatic nitrogens is 2. The van der Waals surface area contributed by atoms with E-state index in [1.54, 1.807) is 6.92 Å². The number of aryl methyl sites for hydroxylation is 2. The molecule has 1 heterocycles. The first kappa shape index (κ1) is 15.1. The second kappa shape index (κ2) is 5.97. The van der Waals surface area contributed by atoms with Gasteiger partial charge in [0.2, 0.25) is 5.91 Å². The SMILES string of the molecule is Cc1n[nH]c(C)c1CC(=O)Nc1cc(Cl)ccc1C(=O)O. The molecule has 110 valence electrons. The highest BCUT2D eigenvalue weighted by molar-refractivity contribution is 6.31. The lowest BCUT2D eigenvalue weighted by atomic mass is 10.1. The summed E-state index contributed by atoms with van der Waals surface area (Å²) in [6, 6.07) is 4.23. The summed E-state index contributed by atoms with van der Waals surface area (Å²) >= 11 is 5.84. The highest BCUT2D eigenvalue weighted by Gasteiger charge is 2.15. The Bertz CT molecular complexity index is 690. The first-order valence-electron chi connectivity index (χ1n) is 6.21. The van der Waals surface area contributed by atoms with Gasteiger partial charge < -0.3 is 10.4 Å². The maximum atomic E-state index is 12.1.